The van der Waals surface area contributed by atoms with E-state index in [1.54, 1.807) is 10.4 Å². The van der Waals surface area contributed by atoms with Crippen LogP contribution < -0.4 is 5.48 Å². The van der Waals surface area contributed by atoms with Crippen LogP contribution in [-0.2, 0) is 15.8 Å². The first-order valence-corrected chi connectivity index (χ1v) is 12.5. The quantitative estimate of drug-likeness (QED) is 0.299. The number of amides is 2. The lowest BCUT2D eigenvalue weighted by Crippen LogP contribution is -2.39. The molecule has 37 heavy (non-hydrogen) atoms. The van der Waals surface area contributed by atoms with Gasteiger partial charge in [-0.1, -0.05) is 30.8 Å². The fourth-order valence-corrected chi connectivity index (χ4v) is 5.90. The first kappa shape index (κ1) is 25.6. The van der Waals surface area contributed by atoms with Crippen LogP contribution in [0.5, 0.6) is 0 Å². The van der Waals surface area contributed by atoms with Gasteiger partial charge < -0.3 is 9.42 Å². The molecule has 1 aromatic carbocycles. The van der Waals surface area contributed by atoms with Crippen LogP contribution in [0.25, 0.3) is 11.4 Å². The van der Waals surface area contributed by atoms with E-state index in [1.165, 1.54) is 0 Å². The van der Waals surface area contributed by atoms with E-state index in [4.69, 9.17) is 9.73 Å². The lowest BCUT2D eigenvalue weighted by molar-refractivity contribution is -0.142. The molecule has 5 rings (SSSR count). The zero-order valence-corrected chi connectivity index (χ0v) is 20.1. The average molecular weight is 525 g/mol. The summed E-state index contributed by atoms with van der Waals surface area (Å²) in [5, 5.41) is 12.8. The number of nitrogens with zero attached hydrogens (tertiary/aromatic N) is 3. The Labute approximate surface area is 210 Å². The van der Waals surface area contributed by atoms with Crippen molar-refractivity contribution in [2.24, 2.45) is 17.3 Å². The molecule has 0 unspecified atom stereocenters. The summed E-state index contributed by atoms with van der Waals surface area (Å²) >= 11 is 0. The average Bonchev–Trinajstić information content (AvgIpc) is 3.24. The lowest BCUT2D eigenvalue weighted by Gasteiger charge is -2.28. The van der Waals surface area contributed by atoms with Crippen LogP contribution in [0, 0.1) is 23.1 Å². The van der Waals surface area contributed by atoms with Gasteiger partial charge in [0.1, 0.15) is 11.9 Å². The fourth-order valence-electron chi connectivity index (χ4n) is 5.90. The van der Waals surface area contributed by atoms with Gasteiger partial charge in [0.25, 0.3) is 0 Å². The van der Waals surface area contributed by atoms with Gasteiger partial charge in [0.05, 0.1) is 5.56 Å². The Morgan fingerprint density at radius 3 is 2.62 bits per heavy atom. The second-order valence-electron chi connectivity index (χ2n) is 10.7. The van der Waals surface area contributed by atoms with Gasteiger partial charge in [-0.2, -0.15) is 18.2 Å². The fraction of sp³-hybridized carbons (Fsp3) is 0.600. The summed E-state index contributed by atoms with van der Waals surface area (Å²) in [5.41, 5.74) is -0.136. The molecule has 12 heteroatoms. The first-order valence-electron chi connectivity index (χ1n) is 12.5. The minimum Gasteiger partial charge on any atom is -0.337 e. The van der Waals surface area contributed by atoms with Gasteiger partial charge in [-0.3, -0.25) is 14.8 Å². The molecule has 2 heterocycles. The summed E-state index contributed by atoms with van der Waals surface area (Å²) < 4.78 is 59.5. The Morgan fingerprint density at radius 2 is 1.97 bits per heavy atom. The zero-order valence-electron chi connectivity index (χ0n) is 20.1. The highest BCUT2D eigenvalue weighted by Gasteiger charge is 2.56. The van der Waals surface area contributed by atoms with Crippen molar-refractivity contribution in [2.75, 3.05) is 6.54 Å². The molecule has 0 bridgehead atoms. The molecule has 3 fully saturated rings. The van der Waals surface area contributed by atoms with Crippen molar-refractivity contribution in [3.05, 3.63) is 35.5 Å². The van der Waals surface area contributed by atoms with Crippen molar-refractivity contribution in [3.8, 4) is 11.4 Å². The number of hydrogen-bond acceptors (Lipinski definition) is 6. The van der Waals surface area contributed by atoms with Crippen LogP contribution >= 0.6 is 0 Å². The summed E-state index contributed by atoms with van der Waals surface area (Å²) in [6.07, 6.45) is 1.94. The standard InChI is InChI=1S/C25H28F4N4O4/c26-16-5-6-17(18(11-16)25(27,28)29)21-30-22(37-32-21)19-12-24(7-8-24)13-33(19)23(35)15(10-20(34)31-36)9-14-3-1-2-4-14/h5-6,11,14-15,19,36H,1-4,7-10,12-13H2,(H,31,34)/t15-,19+/m1/s1. The smallest absolute Gasteiger partial charge is 0.337 e. The molecule has 3 aliphatic rings. The number of likely N-dealkylation sites (tertiary alicyclic amines) is 1. The highest BCUT2D eigenvalue weighted by Crippen LogP contribution is 2.59. The van der Waals surface area contributed by atoms with E-state index < -0.39 is 41.0 Å². The van der Waals surface area contributed by atoms with Crippen LogP contribution in [-0.4, -0.2) is 38.6 Å². The van der Waals surface area contributed by atoms with E-state index in [1.807, 2.05) is 0 Å². The van der Waals surface area contributed by atoms with Crippen LogP contribution in [0.2, 0.25) is 0 Å². The van der Waals surface area contributed by atoms with Crippen molar-refractivity contribution in [3.63, 3.8) is 0 Å². The summed E-state index contributed by atoms with van der Waals surface area (Å²) in [7, 11) is 0. The number of hydroxylamine groups is 1. The monoisotopic (exact) mass is 524 g/mol. The molecule has 1 aromatic heterocycles. The largest absolute Gasteiger partial charge is 0.417 e. The molecular weight excluding hydrogens is 496 g/mol. The van der Waals surface area contributed by atoms with Gasteiger partial charge in [-0.05, 0) is 55.2 Å². The molecule has 1 saturated heterocycles. The Bertz CT molecular complexity index is 1170. The maximum atomic E-state index is 13.8. The molecule has 1 aliphatic heterocycles. The number of halogens is 4. The van der Waals surface area contributed by atoms with E-state index in [2.05, 4.69) is 10.1 Å². The van der Waals surface area contributed by atoms with Gasteiger partial charge >= 0.3 is 6.18 Å². The third-order valence-corrected chi connectivity index (χ3v) is 8.00. The van der Waals surface area contributed by atoms with Gasteiger partial charge in [-0.15, -0.1) is 0 Å². The van der Waals surface area contributed by atoms with E-state index in [-0.39, 0.29) is 29.5 Å². The minimum atomic E-state index is -4.83. The molecule has 2 aliphatic carbocycles. The number of rotatable bonds is 7. The van der Waals surface area contributed by atoms with Crippen molar-refractivity contribution in [1.82, 2.24) is 20.5 Å². The highest BCUT2D eigenvalue weighted by atomic mass is 19.4. The van der Waals surface area contributed by atoms with Crippen molar-refractivity contribution in [1.29, 1.82) is 0 Å². The van der Waals surface area contributed by atoms with Gasteiger partial charge in [0, 0.05) is 24.4 Å². The number of benzene rings is 1. The summed E-state index contributed by atoms with van der Waals surface area (Å²) in [4.78, 5) is 31.6. The van der Waals surface area contributed by atoms with Gasteiger partial charge in [0.2, 0.25) is 23.5 Å². The molecule has 200 valence electrons. The molecule has 0 radical (unpaired) electrons. The molecule has 8 nitrogen and oxygen atoms in total. The van der Waals surface area contributed by atoms with Gasteiger partial charge in [-0.25, -0.2) is 9.87 Å². The molecular formula is C25H28F4N4O4. The van der Waals surface area contributed by atoms with Crippen LogP contribution in [0.15, 0.2) is 22.7 Å². The number of alkyl halides is 3. The normalized spacial score (nSPS) is 22.0. The second kappa shape index (κ2) is 9.70. The predicted molar refractivity (Wildman–Crippen MR) is 120 cm³/mol. The SMILES string of the molecule is O=C(C[C@@H](CC1CCCC1)C(=O)N1CC2(CC2)C[C@H]1c1nc(-c2ccc(F)cc2C(F)(F)F)no1)NO. The lowest BCUT2D eigenvalue weighted by atomic mass is 9.89. The van der Waals surface area contributed by atoms with Crippen molar-refractivity contribution >= 4 is 11.8 Å². The number of aromatic nitrogens is 2. The molecule has 2 saturated carbocycles. The van der Waals surface area contributed by atoms with Gasteiger partial charge in [0.15, 0.2) is 0 Å². The Hall–Kier alpha value is -3.02. The van der Waals surface area contributed by atoms with E-state index in [0.29, 0.717) is 31.4 Å². The molecule has 2 aromatic rings. The van der Waals surface area contributed by atoms with E-state index in [0.717, 1.165) is 50.7 Å². The summed E-state index contributed by atoms with van der Waals surface area (Å²) in [6.45, 7) is 0.431. The number of hydrogen-bond donors (Lipinski definition) is 2. The number of nitrogens with one attached hydrogen (secondary N) is 1. The Morgan fingerprint density at radius 1 is 1.24 bits per heavy atom. The third-order valence-electron chi connectivity index (χ3n) is 8.00. The molecule has 2 N–H and O–H groups in total. The van der Waals surface area contributed by atoms with Crippen LogP contribution in [0.1, 0.15) is 75.3 Å². The summed E-state index contributed by atoms with van der Waals surface area (Å²) in [5.74, 6) is -2.62. The van der Waals surface area contributed by atoms with E-state index in [9.17, 15) is 27.2 Å². The minimum absolute atomic E-state index is 0.0100. The predicted octanol–water partition coefficient (Wildman–Crippen LogP) is 5.04. The van der Waals surface area contributed by atoms with Crippen molar-refractivity contribution < 1.29 is 36.9 Å². The third kappa shape index (κ3) is 5.34. The molecule has 2 amide bonds. The zero-order chi connectivity index (χ0) is 26.4. The summed E-state index contributed by atoms with van der Waals surface area (Å²) in [6, 6.07) is 1.59. The maximum Gasteiger partial charge on any atom is 0.417 e. The number of carbonyl (C=O) groups is 2. The first-order chi connectivity index (χ1) is 17.6. The number of carbonyl (C=O) groups excluding carboxylic acids is 2. The Kier molecular flexibility index (Phi) is 6.71. The van der Waals surface area contributed by atoms with E-state index >= 15 is 0 Å². The van der Waals surface area contributed by atoms with Crippen molar-refractivity contribution in [2.45, 2.75) is 70.0 Å². The molecule has 2 atom stereocenters. The Balaban J connectivity index is 1.43. The van der Waals surface area contributed by atoms with Crippen LogP contribution in [0.4, 0.5) is 17.6 Å². The molecule has 1 spiro atoms. The topological polar surface area (TPSA) is 109 Å². The second-order valence-corrected chi connectivity index (χ2v) is 10.7. The highest BCUT2D eigenvalue weighted by molar-refractivity contribution is 5.86. The maximum absolute atomic E-state index is 13.8. The van der Waals surface area contributed by atoms with Crippen LogP contribution in [0.3, 0.4) is 0 Å².